The van der Waals surface area contributed by atoms with Gasteiger partial charge in [0.05, 0.1) is 20.8 Å². The highest BCUT2D eigenvalue weighted by atomic mass is 16.5. The summed E-state index contributed by atoms with van der Waals surface area (Å²) in [5.41, 5.74) is 7.33. The maximum absolute atomic E-state index is 12.5. The summed E-state index contributed by atoms with van der Waals surface area (Å²) in [4.78, 5) is 25.8. The van der Waals surface area contributed by atoms with Crippen molar-refractivity contribution in [1.82, 2.24) is 4.90 Å². The molecule has 1 saturated heterocycles. The van der Waals surface area contributed by atoms with E-state index in [1.807, 2.05) is 18.2 Å². The van der Waals surface area contributed by atoms with Gasteiger partial charge in [-0.15, -0.1) is 0 Å². The van der Waals surface area contributed by atoms with Gasteiger partial charge in [-0.2, -0.15) is 0 Å². The number of primary amides is 1. The van der Waals surface area contributed by atoms with Crippen LogP contribution in [0.3, 0.4) is 0 Å². The Kier molecular flexibility index (Phi) is 6.16. The van der Waals surface area contributed by atoms with E-state index in [9.17, 15) is 9.59 Å². The number of methoxy groups -OCH3 is 2. The van der Waals surface area contributed by atoms with Crippen LogP contribution in [-0.2, 0) is 4.79 Å². The zero-order valence-electron chi connectivity index (χ0n) is 16.1. The molecule has 1 heterocycles. The SMILES string of the molecule is COc1ccc([C@@H]2CCCN2CC(=O)Nc2ccc(C(N)=O)cc2)c(OC)c1. The minimum atomic E-state index is -0.494. The van der Waals surface area contributed by atoms with Crippen LogP contribution in [0.2, 0.25) is 0 Å². The smallest absolute Gasteiger partial charge is 0.248 e. The Balaban J connectivity index is 1.68. The average molecular weight is 383 g/mol. The maximum atomic E-state index is 12.5. The number of nitrogens with one attached hydrogen (secondary N) is 1. The number of anilines is 1. The highest BCUT2D eigenvalue weighted by Crippen LogP contribution is 2.38. The van der Waals surface area contributed by atoms with Crippen molar-refractivity contribution in [3.63, 3.8) is 0 Å². The highest BCUT2D eigenvalue weighted by Gasteiger charge is 2.29. The van der Waals surface area contributed by atoms with Crippen LogP contribution in [0.15, 0.2) is 42.5 Å². The van der Waals surface area contributed by atoms with Crippen molar-refractivity contribution < 1.29 is 19.1 Å². The van der Waals surface area contributed by atoms with Crippen LogP contribution in [0.25, 0.3) is 0 Å². The fourth-order valence-corrected chi connectivity index (χ4v) is 3.56. The molecule has 3 N–H and O–H groups in total. The Hall–Kier alpha value is -3.06. The molecule has 2 amide bonds. The second-order valence-electron chi connectivity index (χ2n) is 6.73. The highest BCUT2D eigenvalue weighted by molar-refractivity contribution is 5.95. The molecular formula is C21H25N3O4. The average Bonchev–Trinajstić information content (AvgIpc) is 3.15. The summed E-state index contributed by atoms with van der Waals surface area (Å²) in [6.45, 7) is 1.12. The van der Waals surface area contributed by atoms with Crippen LogP contribution in [0, 0.1) is 0 Å². The lowest BCUT2D eigenvalue weighted by Gasteiger charge is -2.26. The summed E-state index contributed by atoms with van der Waals surface area (Å²) in [7, 11) is 3.26. The number of benzene rings is 2. The largest absolute Gasteiger partial charge is 0.497 e. The van der Waals surface area contributed by atoms with Gasteiger partial charge in [0.2, 0.25) is 11.8 Å². The van der Waals surface area contributed by atoms with E-state index in [0.29, 0.717) is 11.3 Å². The lowest BCUT2D eigenvalue weighted by molar-refractivity contribution is -0.117. The molecule has 0 spiro atoms. The number of amides is 2. The predicted molar refractivity (Wildman–Crippen MR) is 107 cm³/mol. The summed E-state index contributed by atoms with van der Waals surface area (Å²) in [6, 6.07) is 12.4. The normalized spacial score (nSPS) is 16.6. The molecular weight excluding hydrogens is 358 g/mol. The van der Waals surface area contributed by atoms with E-state index in [4.69, 9.17) is 15.2 Å². The molecule has 0 bridgehead atoms. The summed E-state index contributed by atoms with van der Waals surface area (Å²) in [5.74, 6) is 0.901. The monoisotopic (exact) mass is 383 g/mol. The molecule has 2 aromatic carbocycles. The molecule has 1 aliphatic rings. The van der Waals surface area contributed by atoms with Gasteiger partial charge in [0.15, 0.2) is 0 Å². The van der Waals surface area contributed by atoms with E-state index >= 15 is 0 Å². The van der Waals surface area contributed by atoms with Gasteiger partial charge in [-0.1, -0.05) is 6.07 Å². The molecule has 28 heavy (non-hydrogen) atoms. The van der Waals surface area contributed by atoms with Crippen molar-refractivity contribution in [1.29, 1.82) is 0 Å². The number of carbonyl (C=O) groups excluding carboxylic acids is 2. The third-order valence-electron chi connectivity index (χ3n) is 4.96. The minimum absolute atomic E-state index is 0.105. The maximum Gasteiger partial charge on any atom is 0.248 e. The van der Waals surface area contributed by atoms with Crippen LogP contribution in [0.1, 0.15) is 34.8 Å². The van der Waals surface area contributed by atoms with Crippen LogP contribution in [-0.4, -0.2) is 44.0 Å². The summed E-state index contributed by atoms with van der Waals surface area (Å²) in [5, 5.41) is 2.87. The summed E-state index contributed by atoms with van der Waals surface area (Å²) < 4.78 is 10.8. The Morgan fingerprint density at radius 2 is 1.89 bits per heavy atom. The van der Waals surface area contributed by atoms with Gasteiger partial charge in [0.1, 0.15) is 11.5 Å². The quantitative estimate of drug-likeness (QED) is 0.766. The number of rotatable bonds is 7. The molecule has 1 aliphatic heterocycles. The van der Waals surface area contributed by atoms with Crippen LogP contribution in [0.4, 0.5) is 5.69 Å². The Bertz CT molecular complexity index is 851. The number of ether oxygens (including phenoxy) is 2. The third kappa shape index (κ3) is 4.43. The van der Waals surface area contributed by atoms with Gasteiger partial charge in [0, 0.05) is 28.9 Å². The first kappa shape index (κ1) is 19.7. The molecule has 0 aromatic heterocycles. The van der Waals surface area contributed by atoms with Crippen molar-refractivity contribution in [3.05, 3.63) is 53.6 Å². The van der Waals surface area contributed by atoms with Gasteiger partial charge < -0.3 is 20.5 Å². The summed E-state index contributed by atoms with van der Waals surface area (Å²) in [6.07, 6.45) is 1.98. The van der Waals surface area contributed by atoms with Crippen LogP contribution >= 0.6 is 0 Å². The molecule has 1 atom stereocenters. The predicted octanol–water partition coefficient (Wildman–Crippen LogP) is 2.58. The second kappa shape index (κ2) is 8.75. The standard InChI is InChI=1S/C21H25N3O4/c1-27-16-9-10-17(19(12-16)28-2)18-4-3-11-24(18)13-20(25)23-15-7-5-14(6-8-15)21(22)26/h5-10,12,18H,3-4,11,13H2,1-2H3,(H2,22,26)(H,23,25)/t18-/m0/s1. The molecule has 1 fully saturated rings. The third-order valence-corrected chi connectivity index (χ3v) is 4.96. The zero-order valence-corrected chi connectivity index (χ0v) is 16.1. The number of likely N-dealkylation sites (tertiary alicyclic amines) is 1. The second-order valence-corrected chi connectivity index (χ2v) is 6.73. The van der Waals surface area contributed by atoms with Gasteiger partial charge in [-0.05, 0) is 49.7 Å². The van der Waals surface area contributed by atoms with E-state index in [1.165, 1.54) is 0 Å². The Labute approximate surface area is 164 Å². The Morgan fingerprint density at radius 1 is 1.14 bits per heavy atom. The van der Waals surface area contributed by atoms with Gasteiger partial charge in [-0.25, -0.2) is 0 Å². The molecule has 0 radical (unpaired) electrons. The van der Waals surface area contributed by atoms with E-state index in [1.54, 1.807) is 38.5 Å². The molecule has 148 valence electrons. The van der Waals surface area contributed by atoms with Crippen molar-refractivity contribution in [2.24, 2.45) is 5.73 Å². The van der Waals surface area contributed by atoms with E-state index in [2.05, 4.69) is 10.2 Å². The van der Waals surface area contributed by atoms with Gasteiger partial charge in [0.25, 0.3) is 0 Å². The molecule has 0 saturated carbocycles. The number of hydrogen-bond donors (Lipinski definition) is 2. The van der Waals surface area contributed by atoms with Gasteiger partial charge in [-0.3, -0.25) is 14.5 Å². The Morgan fingerprint density at radius 3 is 2.54 bits per heavy atom. The lowest BCUT2D eigenvalue weighted by atomic mass is 10.0. The van der Waals surface area contributed by atoms with Crippen molar-refractivity contribution >= 4 is 17.5 Å². The summed E-state index contributed by atoms with van der Waals surface area (Å²) >= 11 is 0. The number of nitrogens with zero attached hydrogens (tertiary/aromatic N) is 1. The van der Waals surface area contributed by atoms with E-state index < -0.39 is 5.91 Å². The first-order chi connectivity index (χ1) is 13.5. The minimum Gasteiger partial charge on any atom is -0.497 e. The van der Waals surface area contributed by atoms with Crippen LogP contribution in [0.5, 0.6) is 11.5 Å². The van der Waals surface area contributed by atoms with Crippen LogP contribution < -0.4 is 20.5 Å². The van der Waals surface area contributed by atoms with E-state index in [0.717, 1.165) is 36.4 Å². The van der Waals surface area contributed by atoms with E-state index in [-0.39, 0.29) is 18.5 Å². The van der Waals surface area contributed by atoms with Gasteiger partial charge >= 0.3 is 0 Å². The fourth-order valence-electron chi connectivity index (χ4n) is 3.56. The van der Waals surface area contributed by atoms with Crippen molar-refractivity contribution in [3.8, 4) is 11.5 Å². The number of hydrogen-bond acceptors (Lipinski definition) is 5. The zero-order chi connectivity index (χ0) is 20.1. The molecule has 7 nitrogen and oxygen atoms in total. The van der Waals surface area contributed by atoms with Crippen molar-refractivity contribution in [2.75, 3.05) is 32.6 Å². The first-order valence-corrected chi connectivity index (χ1v) is 9.17. The first-order valence-electron chi connectivity index (χ1n) is 9.17. The molecule has 0 unspecified atom stereocenters. The molecule has 7 heteroatoms. The molecule has 2 aromatic rings. The topological polar surface area (TPSA) is 93.9 Å². The number of nitrogens with two attached hydrogens (primary N) is 1. The van der Waals surface area contributed by atoms with Crippen molar-refractivity contribution in [2.45, 2.75) is 18.9 Å². The number of carbonyl (C=O) groups is 2. The fraction of sp³-hybridized carbons (Fsp3) is 0.333. The molecule has 3 rings (SSSR count). The lowest BCUT2D eigenvalue weighted by Crippen LogP contribution is -2.33. The molecule has 0 aliphatic carbocycles.